The van der Waals surface area contributed by atoms with Crippen LogP contribution in [0.4, 0.5) is 5.69 Å². The topological polar surface area (TPSA) is 84.5 Å². The number of ether oxygens (including phenoxy) is 1. The maximum absolute atomic E-state index is 12.4. The normalized spacial score (nSPS) is 12.1. The molecule has 1 amide bonds. The number of hydrogen-bond donors (Lipinski definition) is 2. The summed E-state index contributed by atoms with van der Waals surface area (Å²) in [5, 5.41) is 2.86. The summed E-state index contributed by atoms with van der Waals surface area (Å²) in [5.74, 6) is 0.132. The van der Waals surface area contributed by atoms with Crippen molar-refractivity contribution in [3.8, 4) is 5.75 Å². The van der Waals surface area contributed by atoms with Crippen LogP contribution in [0.15, 0.2) is 88.2 Å². The minimum Gasteiger partial charge on any atom is -0.484 e. The molecule has 0 aromatic heterocycles. The van der Waals surface area contributed by atoms with Crippen LogP contribution >= 0.6 is 15.9 Å². The standard InChI is InChI=1S/C22H21BrN2O4S/c1-16(17-7-9-18(23)10-8-17)24-22(26)15-29-20-11-13-21(14-12-20)30(27,28)25-19-5-3-2-4-6-19/h2-14,16,25H,15H2,1H3,(H,24,26). The minimum absolute atomic E-state index is 0.104. The smallest absolute Gasteiger partial charge is 0.261 e. The average molecular weight is 489 g/mol. The summed E-state index contributed by atoms with van der Waals surface area (Å²) in [4.78, 5) is 12.2. The zero-order valence-electron chi connectivity index (χ0n) is 16.2. The molecule has 0 heterocycles. The fraction of sp³-hybridized carbons (Fsp3) is 0.136. The number of sulfonamides is 1. The lowest BCUT2D eigenvalue weighted by atomic mass is 10.1. The molecule has 0 bridgehead atoms. The summed E-state index contributed by atoms with van der Waals surface area (Å²) in [7, 11) is -3.70. The maximum atomic E-state index is 12.4. The van der Waals surface area contributed by atoms with Crippen molar-refractivity contribution in [1.29, 1.82) is 0 Å². The van der Waals surface area contributed by atoms with E-state index in [0.29, 0.717) is 11.4 Å². The van der Waals surface area contributed by atoms with Gasteiger partial charge in [0.2, 0.25) is 0 Å². The summed E-state index contributed by atoms with van der Waals surface area (Å²) in [6.07, 6.45) is 0. The second kappa shape index (κ2) is 9.77. The van der Waals surface area contributed by atoms with E-state index in [2.05, 4.69) is 26.0 Å². The number of carbonyl (C=O) groups excluding carboxylic acids is 1. The summed E-state index contributed by atoms with van der Waals surface area (Å²) in [6.45, 7) is 1.72. The molecule has 1 unspecified atom stereocenters. The largest absolute Gasteiger partial charge is 0.484 e. The average Bonchev–Trinajstić information content (AvgIpc) is 2.73. The summed E-state index contributed by atoms with van der Waals surface area (Å²) >= 11 is 3.38. The molecule has 0 spiro atoms. The lowest BCUT2D eigenvalue weighted by Crippen LogP contribution is -2.31. The van der Waals surface area contributed by atoms with Gasteiger partial charge in [0.05, 0.1) is 10.9 Å². The summed E-state index contributed by atoms with van der Waals surface area (Å²) < 4.78 is 33.8. The summed E-state index contributed by atoms with van der Waals surface area (Å²) in [5.41, 5.74) is 1.46. The molecular formula is C22H21BrN2O4S. The van der Waals surface area contributed by atoms with Crippen molar-refractivity contribution in [2.75, 3.05) is 11.3 Å². The number of nitrogens with one attached hydrogen (secondary N) is 2. The molecule has 0 saturated carbocycles. The van der Waals surface area contributed by atoms with Gasteiger partial charge in [-0.2, -0.15) is 0 Å². The van der Waals surface area contributed by atoms with Gasteiger partial charge in [0.1, 0.15) is 5.75 Å². The third-order valence-electron chi connectivity index (χ3n) is 4.28. The Kier molecular flexibility index (Phi) is 7.12. The van der Waals surface area contributed by atoms with Crippen LogP contribution in [0.2, 0.25) is 0 Å². The molecule has 2 N–H and O–H groups in total. The minimum atomic E-state index is -3.70. The third-order valence-corrected chi connectivity index (χ3v) is 6.20. The van der Waals surface area contributed by atoms with Gasteiger partial charge in [-0.1, -0.05) is 46.3 Å². The number of para-hydroxylation sites is 1. The van der Waals surface area contributed by atoms with Gasteiger partial charge >= 0.3 is 0 Å². The Morgan fingerprint density at radius 2 is 1.60 bits per heavy atom. The van der Waals surface area contributed by atoms with Crippen molar-refractivity contribution in [1.82, 2.24) is 5.32 Å². The molecule has 30 heavy (non-hydrogen) atoms. The van der Waals surface area contributed by atoms with Crippen molar-refractivity contribution in [3.63, 3.8) is 0 Å². The van der Waals surface area contributed by atoms with E-state index in [1.807, 2.05) is 31.2 Å². The first-order valence-electron chi connectivity index (χ1n) is 9.19. The number of halogens is 1. The highest BCUT2D eigenvalue weighted by molar-refractivity contribution is 9.10. The van der Waals surface area contributed by atoms with E-state index < -0.39 is 10.0 Å². The quantitative estimate of drug-likeness (QED) is 0.488. The lowest BCUT2D eigenvalue weighted by molar-refractivity contribution is -0.123. The molecular weight excluding hydrogens is 468 g/mol. The molecule has 0 fully saturated rings. The zero-order valence-corrected chi connectivity index (χ0v) is 18.6. The Morgan fingerprint density at radius 1 is 0.967 bits per heavy atom. The van der Waals surface area contributed by atoms with Crippen LogP contribution in [-0.2, 0) is 14.8 Å². The monoisotopic (exact) mass is 488 g/mol. The molecule has 156 valence electrons. The highest BCUT2D eigenvalue weighted by Crippen LogP contribution is 2.20. The van der Waals surface area contributed by atoms with Crippen LogP contribution in [0, 0.1) is 0 Å². The van der Waals surface area contributed by atoms with Gasteiger partial charge in [-0.25, -0.2) is 8.42 Å². The third kappa shape index (κ3) is 6.08. The van der Waals surface area contributed by atoms with Crippen molar-refractivity contribution >= 4 is 37.5 Å². The van der Waals surface area contributed by atoms with Crippen molar-refractivity contribution < 1.29 is 17.9 Å². The molecule has 0 aliphatic heterocycles. The van der Waals surface area contributed by atoms with Crippen LogP contribution < -0.4 is 14.8 Å². The molecule has 0 saturated heterocycles. The highest BCUT2D eigenvalue weighted by atomic mass is 79.9. The highest BCUT2D eigenvalue weighted by Gasteiger charge is 2.15. The van der Waals surface area contributed by atoms with Gasteiger partial charge < -0.3 is 10.1 Å². The molecule has 0 radical (unpaired) electrons. The van der Waals surface area contributed by atoms with Crippen LogP contribution in [0.3, 0.4) is 0 Å². The number of carbonyl (C=O) groups is 1. The lowest BCUT2D eigenvalue weighted by Gasteiger charge is -2.15. The predicted molar refractivity (Wildman–Crippen MR) is 120 cm³/mol. The van der Waals surface area contributed by atoms with E-state index in [-0.39, 0.29) is 23.5 Å². The summed E-state index contributed by atoms with van der Waals surface area (Å²) in [6, 6.07) is 22.1. The molecule has 6 nitrogen and oxygen atoms in total. The van der Waals surface area contributed by atoms with Gasteiger partial charge in [-0.05, 0) is 61.0 Å². The van der Waals surface area contributed by atoms with E-state index in [0.717, 1.165) is 10.0 Å². The Hall–Kier alpha value is -2.84. The van der Waals surface area contributed by atoms with Crippen molar-refractivity contribution in [2.24, 2.45) is 0 Å². The number of benzene rings is 3. The van der Waals surface area contributed by atoms with Crippen LogP contribution in [-0.4, -0.2) is 20.9 Å². The van der Waals surface area contributed by atoms with Crippen molar-refractivity contribution in [2.45, 2.75) is 17.9 Å². The van der Waals surface area contributed by atoms with Gasteiger partial charge in [0.15, 0.2) is 6.61 Å². The first-order chi connectivity index (χ1) is 14.3. The molecule has 3 aromatic carbocycles. The van der Waals surface area contributed by atoms with Crippen molar-refractivity contribution in [3.05, 3.63) is 88.9 Å². The Morgan fingerprint density at radius 3 is 2.23 bits per heavy atom. The Bertz CT molecular complexity index is 1090. The predicted octanol–water partition coefficient (Wildman–Crippen LogP) is 4.51. The first-order valence-corrected chi connectivity index (χ1v) is 11.5. The van der Waals surface area contributed by atoms with Crippen LogP contribution in [0.25, 0.3) is 0 Å². The van der Waals surface area contributed by atoms with E-state index in [4.69, 9.17) is 4.74 Å². The molecule has 1 atom stereocenters. The molecule has 0 aliphatic carbocycles. The van der Waals surface area contributed by atoms with Gasteiger partial charge in [0, 0.05) is 10.2 Å². The fourth-order valence-corrected chi connectivity index (χ4v) is 4.03. The Labute approximate surface area is 184 Å². The van der Waals surface area contributed by atoms with Gasteiger partial charge in [-0.3, -0.25) is 9.52 Å². The number of hydrogen-bond acceptors (Lipinski definition) is 4. The number of amides is 1. The van der Waals surface area contributed by atoms with Gasteiger partial charge in [0.25, 0.3) is 15.9 Å². The van der Waals surface area contributed by atoms with Gasteiger partial charge in [-0.15, -0.1) is 0 Å². The zero-order chi connectivity index (χ0) is 21.6. The first kappa shape index (κ1) is 21.9. The molecule has 8 heteroatoms. The molecule has 3 aromatic rings. The molecule has 3 rings (SSSR count). The number of anilines is 1. The maximum Gasteiger partial charge on any atom is 0.261 e. The SMILES string of the molecule is CC(NC(=O)COc1ccc(S(=O)(=O)Nc2ccccc2)cc1)c1ccc(Br)cc1. The van der Waals surface area contributed by atoms with E-state index in [9.17, 15) is 13.2 Å². The fourth-order valence-electron chi connectivity index (χ4n) is 2.70. The Balaban J connectivity index is 1.54. The second-order valence-electron chi connectivity index (χ2n) is 6.57. The van der Waals surface area contributed by atoms with E-state index in [1.54, 1.807) is 30.3 Å². The van der Waals surface area contributed by atoms with Crippen LogP contribution in [0.5, 0.6) is 5.75 Å². The molecule has 0 aliphatic rings. The van der Waals surface area contributed by atoms with E-state index in [1.165, 1.54) is 24.3 Å². The van der Waals surface area contributed by atoms with Crippen LogP contribution in [0.1, 0.15) is 18.5 Å². The van der Waals surface area contributed by atoms with E-state index >= 15 is 0 Å². The number of rotatable bonds is 8. The second-order valence-corrected chi connectivity index (χ2v) is 9.17.